The molecule has 20 heteroatoms. The first-order chi connectivity index (χ1) is 29.5. The number of halogens is 4. The Bertz CT molecular complexity index is 2440. The summed E-state index contributed by atoms with van der Waals surface area (Å²) >= 11 is 3.22. The van der Waals surface area contributed by atoms with Gasteiger partial charge in [0, 0.05) is 54.4 Å². The molecule has 0 saturated heterocycles. The Morgan fingerprint density at radius 1 is 0.565 bits per heavy atom. The van der Waals surface area contributed by atoms with E-state index >= 15 is 0 Å². The van der Waals surface area contributed by atoms with E-state index in [0.717, 1.165) is 33.3 Å². The van der Waals surface area contributed by atoms with Crippen molar-refractivity contribution in [1.82, 2.24) is 49.3 Å². The molecule has 0 radical (unpaired) electrons. The van der Waals surface area contributed by atoms with E-state index in [1.807, 2.05) is 19.1 Å². The summed E-state index contributed by atoms with van der Waals surface area (Å²) in [6, 6.07) is 12.7. The molecule has 7 heterocycles. The van der Waals surface area contributed by atoms with Gasteiger partial charge in [-0.15, -0.1) is 0 Å². The molecule has 2 N–H and O–H groups in total. The van der Waals surface area contributed by atoms with Gasteiger partial charge in [-0.1, -0.05) is 40.2 Å². The number of carboxylic acids is 2. The van der Waals surface area contributed by atoms with Gasteiger partial charge in [0.05, 0.1) is 43.3 Å². The average molecular weight is 920 g/mol. The number of aromatic nitrogens is 10. The zero-order chi connectivity index (χ0) is 45.3. The van der Waals surface area contributed by atoms with Gasteiger partial charge in [0.2, 0.25) is 17.8 Å². The van der Waals surface area contributed by atoms with E-state index < -0.39 is 29.8 Å². The van der Waals surface area contributed by atoms with Crippen LogP contribution in [0.5, 0.6) is 0 Å². The van der Waals surface area contributed by atoms with Crippen LogP contribution in [-0.4, -0.2) is 84.0 Å². The van der Waals surface area contributed by atoms with Gasteiger partial charge in [-0.05, 0) is 81.1 Å². The minimum absolute atomic E-state index is 0.167. The van der Waals surface area contributed by atoms with Crippen molar-refractivity contribution in [3.05, 3.63) is 171 Å². The lowest BCUT2D eigenvalue weighted by Gasteiger charge is -2.01. The molecule has 62 heavy (non-hydrogen) atoms. The number of carboxylic acid groups (broad SMARTS) is 2. The van der Waals surface area contributed by atoms with E-state index in [1.54, 1.807) is 67.7 Å². The molecular weight excluding hydrogens is 877 g/mol. The van der Waals surface area contributed by atoms with Crippen molar-refractivity contribution in [2.75, 3.05) is 6.61 Å². The highest BCUT2D eigenvalue weighted by Gasteiger charge is 2.15. The van der Waals surface area contributed by atoms with Crippen molar-refractivity contribution in [3.8, 4) is 0 Å². The van der Waals surface area contributed by atoms with Crippen LogP contribution in [0.1, 0.15) is 83.0 Å². The smallest absolute Gasteiger partial charge is 0.341 e. The zero-order valence-corrected chi connectivity index (χ0v) is 35.8. The lowest BCUT2D eigenvalue weighted by Crippen LogP contribution is -2.05. The first-order valence-corrected chi connectivity index (χ1v) is 19.7. The van der Waals surface area contributed by atoms with Crippen LogP contribution in [0.4, 0.5) is 13.2 Å². The summed E-state index contributed by atoms with van der Waals surface area (Å²) in [4.78, 5) is 48.0. The number of hydrogen-bond acceptors (Lipinski definition) is 11. The summed E-state index contributed by atoms with van der Waals surface area (Å²) in [6.07, 6.45) is 10.7. The number of alkyl halides is 1. The van der Waals surface area contributed by atoms with Gasteiger partial charge >= 0.3 is 17.9 Å². The quantitative estimate of drug-likeness (QED) is 0.0751. The molecule has 0 fully saturated rings. The van der Waals surface area contributed by atoms with Gasteiger partial charge in [-0.25, -0.2) is 29.3 Å². The predicted molar refractivity (Wildman–Crippen MR) is 222 cm³/mol. The molecule has 0 aliphatic rings. The van der Waals surface area contributed by atoms with Crippen molar-refractivity contribution < 1.29 is 42.5 Å². The zero-order valence-electron chi connectivity index (χ0n) is 34.2. The number of carbonyl (C=O) groups excluding carboxylic acids is 1. The number of aryl methyl sites for hydroxylation is 4. The molecule has 0 bridgehead atoms. The second-order valence-electron chi connectivity index (χ2n) is 13.2. The second-order valence-corrected chi connectivity index (χ2v) is 13.8. The highest BCUT2D eigenvalue weighted by atomic mass is 79.9. The minimum atomic E-state index is -1.01. The number of ether oxygens (including phenoxy) is 1. The van der Waals surface area contributed by atoms with Gasteiger partial charge in [0.25, 0.3) is 0 Å². The summed E-state index contributed by atoms with van der Waals surface area (Å²) in [5, 5.41) is 31.0. The molecule has 7 rings (SSSR count). The second kappa shape index (κ2) is 23.1. The topological polar surface area (TPSA) is 206 Å². The average Bonchev–Trinajstić information content (AvgIpc) is 3.93. The maximum absolute atomic E-state index is 12.7. The van der Waals surface area contributed by atoms with Crippen molar-refractivity contribution >= 4 is 33.8 Å². The third-order valence-corrected chi connectivity index (χ3v) is 8.97. The van der Waals surface area contributed by atoms with Crippen LogP contribution < -0.4 is 0 Å². The number of esters is 1. The summed E-state index contributed by atoms with van der Waals surface area (Å²) in [5.74, 6) is -3.84. The van der Waals surface area contributed by atoms with E-state index in [0.29, 0.717) is 48.9 Å². The van der Waals surface area contributed by atoms with Crippen molar-refractivity contribution in [1.29, 1.82) is 0 Å². The van der Waals surface area contributed by atoms with E-state index in [9.17, 15) is 27.6 Å². The van der Waals surface area contributed by atoms with Gasteiger partial charge in [-0.3, -0.25) is 19.0 Å². The van der Waals surface area contributed by atoms with Gasteiger partial charge in [0.15, 0.2) is 0 Å². The van der Waals surface area contributed by atoms with Crippen molar-refractivity contribution in [2.45, 2.75) is 59.6 Å². The first-order valence-electron chi connectivity index (χ1n) is 18.6. The highest BCUT2D eigenvalue weighted by Crippen LogP contribution is 2.12. The van der Waals surface area contributed by atoms with E-state index in [-0.39, 0.29) is 17.1 Å². The molecule has 324 valence electrons. The van der Waals surface area contributed by atoms with E-state index in [4.69, 9.17) is 14.9 Å². The molecule has 0 unspecified atom stereocenters. The standard InChI is InChI=1S/C13H14FN3O2.C12H13N3O2.C11H10FN3O2.C6H5BrFN/c1-3-19-13(18)11-8-17(16-9(11)2)7-10-4-5-12(14)15-6-10;1-8-3-4-10(5-13-8)6-15-7-11(12(16)17)9(2)14-15;1-7-9(11(16)17)6-15(14-7)5-8-2-3-10(12)13-4-8;7-3-5-1-2-6(8)9-4-5/h4-6,8H,3,7H2,1-2H3;3-5,7H,6H2,1-2H3,(H,16,17);2-4,6H,5H2,1H3,(H,16,17);1-2,4H,3H2. The first kappa shape index (κ1) is 47.6. The molecule has 0 spiro atoms. The highest BCUT2D eigenvalue weighted by molar-refractivity contribution is 9.08. The summed E-state index contributed by atoms with van der Waals surface area (Å²) < 4.78 is 47.0. The van der Waals surface area contributed by atoms with Crippen molar-refractivity contribution in [2.24, 2.45) is 0 Å². The molecule has 0 aliphatic heterocycles. The molecule has 16 nitrogen and oxygen atoms in total. The van der Waals surface area contributed by atoms with E-state index in [1.165, 1.54) is 53.9 Å². The van der Waals surface area contributed by atoms with Crippen LogP contribution in [-0.2, 0) is 29.7 Å². The molecule has 0 aromatic carbocycles. The van der Waals surface area contributed by atoms with Crippen LogP contribution in [0.15, 0.2) is 91.9 Å². The molecule has 0 atom stereocenters. The Morgan fingerprint density at radius 2 is 0.919 bits per heavy atom. The number of nitrogens with zero attached hydrogens (tertiary/aromatic N) is 10. The van der Waals surface area contributed by atoms with Crippen LogP contribution >= 0.6 is 15.9 Å². The van der Waals surface area contributed by atoms with Crippen LogP contribution in [0.3, 0.4) is 0 Å². The van der Waals surface area contributed by atoms with Gasteiger partial charge < -0.3 is 14.9 Å². The SMILES string of the molecule is CCOC(=O)c1cn(Cc2ccc(F)nc2)nc1C.Cc1ccc(Cn2cc(C(=O)O)c(C)n2)cn1.Cc1nn(Cc2ccc(F)nc2)cc1C(=O)O.Fc1ccc(CBr)cn1. The maximum atomic E-state index is 12.7. The Morgan fingerprint density at radius 3 is 1.23 bits per heavy atom. The van der Waals surface area contributed by atoms with Crippen LogP contribution in [0, 0.1) is 45.5 Å². The van der Waals surface area contributed by atoms with Gasteiger partial charge in [0.1, 0.15) is 16.7 Å². The Hall–Kier alpha value is -7.09. The Balaban J connectivity index is 0.000000187. The molecular formula is C42H42BrF3N10O6. The van der Waals surface area contributed by atoms with Crippen molar-refractivity contribution in [3.63, 3.8) is 0 Å². The fraction of sp³-hybridized carbons (Fsp3) is 0.238. The predicted octanol–water partition coefficient (Wildman–Crippen LogP) is 7.18. The molecule has 0 saturated carbocycles. The number of pyridine rings is 4. The molecule has 7 aromatic heterocycles. The third kappa shape index (κ3) is 14.9. The fourth-order valence-electron chi connectivity index (χ4n) is 5.26. The molecule has 0 aliphatic carbocycles. The van der Waals surface area contributed by atoms with Crippen LogP contribution in [0.2, 0.25) is 0 Å². The Labute approximate surface area is 362 Å². The molecule has 0 amide bonds. The van der Waals surface area contributed by atoms with E-state index in [2.05, 4.69) is 51.2 Å². The maximum Gasteiger partial charge on any atom is 0.341 e. The summed E-state index contributed by atoms with van der Waals surface area (Å²) in [7, 11) is 0. The fourth-order valence-corrected chi connectivity index (χ4v) is 5.60. The monoisotopic (exact) mass is 918 g/mol. The molecule has 7 aromatic rings. The Kier molecular flexibility index (Phi) is 17.7. The summed E-state index contributed by atoms with van der Waals surface area (Å²) in [6.45, 7) is 10.4. The minimum Gasteiger partial charge on any atom is -0.478 e. The number of carbonyl (C=O) groups is 3. The summed E-state index contributed by atoms with van der Waals surface area (Å²) in [5.41, 5.74) is 6.92. The number of rotatable bonds is 11. The van der Waals surface area contributed by atoms with Crippen LogP contribution in [0.25, 0.3) is 0 Å². The lowest BCUT2D eigenvalue weighted by atomic mass is 10.2. The van der Waals surface area contributed by atoms with Gasteiger partial charge in [-0.2, -0.15) is 28.5 Å². The normalized spacial score (nSPS) is 10.3. The largest absolute Gasteiger partial charge is 0.478 e. The third-order valence-electron chi connectivity index (χ3n) is 8.32. The number of hydrogen-bond donors (Lipinski definition) is 2. The number of aromatic carboxylic acids is 2. The lowest BCUT2D eigenvalue weighted by molar-refractivity contribution is 0.0524.